The van der Waals surface area contributed by atoms with Crippen LogP contribution in [-0.2, 0) is 6.54 Å². The lowest BCUT2D eigenvalue weighted by Gasteiger charge is -2.05. The van der Waals surface area contributed by atoms with E-state index in [4.69, 9.17) is 0 Å². The predicted octanol–water partition coefficient (Wildman–Crippen LogP) is 2.28. The molecular formula is C11H15N2. The summed E-state index contributed by atoms with van der Waals surface area (Å²) >= 11 is 0. The third kappa shape index (κ3) is 1.38. The van der Waals surface area contributed by atoms with Crippen molar-refractivity contribution in [2.45, 2.75) is 45.1 Å². The summed E-state index contributed by atoms with van der Waals surface area (Å²) in [7, 11) is 0. The Labute approximate surface area is 78.9 Å². The number of aromatic nitrogens is 2. The lowest BCUT2D eigenvalue weighted by molar-refractivity contribution is 0.539. The minimum absolute atomic E-state index is 0.817. The number of aryl methyl sites for hydroxylation is 1. The first-order chi connectivity index (χ1) is 6.34. The summed E-state index contributed by atoms with van der Waals surface area (Å²) in [6.07, 6.45) is 8.65. The van der Waals surface area contributed by atoms with Crippen molar-refractivity contribution in [3.63, 3.8) is 0 Å². The van der Waals surface area contributed by atoms with E-state index < -0.39 is 0 Å². The Bertz CT molecular complexity index is 319. The van der Waals surface area contributed by atoms with Gasteiger partial charge in [-0.05, 0) is 38.5 Å². The van der Waals surface area contributed by atoms with Crippen LogP contribution in [0.2, 0.25) is 0 Å². The molecule has 0 amide bonds. The summed E-state index contributed by atoms with van der Waals surface area (Å²) < 4.78 is 2.21. The lowest BCUT2D eigenvalue weighted by Crippen LogP contribution is -2.06. The molecule has 2 heteroatoms. The molecule has 2 nitrogen and oxygen atoms in total. The molecule has 0 N–H and O–H groups in total. The average Bonchev–Trinajstić information content (AvgIpc) is 2.95. The normalized spacial score (nSPS) is 22.2. The Kier molecular flexibility index (Phi) is 1.52. The Morgan fingerprint density at radius 1 is 1.38 bits per heavy atom. The van der Waals surface area contributed by atoms with Gasteiger partial charge in [0.1, 0.15) is 6.20 Å². The fraction of sp³-hybridized carbons (Fsp3) is 0.727. The molecular weight excluding hydrogens is 160 g/mol. The number of hydrogen-bond acceptors (Lipinski definition) is 1. The maximum atomic E-state index is 4.35. The maximum Gasteiger partial charge on any atom is 0.116 e. The summed E-state index contributed by atoms with van der Waals surface area (Å²) in [6.45, 7) is 3.29. The molecule has 1 aromatic rings. The van der Waals surface area contributed by atoms with Crippen molar-refractivity contribution < 1.29 is 0 Å². The molecule has 0 aliphatic heterocycles. The van der Waals surface area contributed by atoms with Crippen molar-refractivity contribution in [3.8, 4) is 0 Å². The minimum atomic E-state index is 0.817. The molecule has 3 rings (SSSR count). The Balaban J connectivity index is 1.88. The van der Waals surface area contributed by atoms with Crippen molar-refractivity contribution in [2.75, 3.05) is 0 Å². The SMILES string of the molecule is Cc1[c]nn(CC2CC2)c1C1CC1. The first-order valence-corrected chi connectivity index (χ1v) is 5.29. The summed E-state index contributed by atoms with van der Waals surface area (Å²) in [5.41, 5.74) is 2.76. The molecule has 2 aliphatic carbocycles. The van der Waals surface area contributed by atoms with Crippen LogP contribution in [0.3, 0.4) is 0 Å². The van der Waals surface area contributed by atoms with Gasteiger partial charge in [0.25, 0.3) is 0 Å². The fourth-order valence-electron chi connectivity index (χ4n) is 2.00. The molecule has 2 saturated carbocycles. The number of nitrogens with zero attached hydrogens (tertiary/aromatic N) is 2. The number of rotatable bonds is 3. The zero-order chi connectivity index (χ0) is 8.84. The van der Waals surface area contributed by atoms with Crippen molar-refractivity contribution in [1.29, 1.82) is 0 Å². The van der Waals surface area contributed by atoms with Gasteiger partial charge in [-0.15, -0.1) is 0 Å². The molecule has 13 heavy (non-hydrogen) atoms. The highest BCUT2D eigenvalue weighted by Gasteiger charge is 2.31. The Morgan fingerprint density at radius 2 is 2.15 bits per heavy atom. The summed E-state index contributed by atoms with van der Waals surface area (Å²) in [6, 6.07) is 0. The first kappa shape index (κ1) is 7.60. The minimum Gasteiger partial charge on any atom is -0.268 e. The van der Waals surface area contributed by atoms with Gasteiger partial charge in [0.15, 0.2) is 0 Å². The first-order valence-electron chi connectivity index (χ1n) is 5.29. The van der Waals surface area contributed by atoms with Gasteiger partial charge in [0, 0.05) is 23.7 Å². The molecule has 69 valence electrons. The van der Waals surface area contributed by atoms with Crippen LogP contribution in [0, 0.1) is 19.0 Å². The van der Waals surface area contributed by atoms with Crippen molar-refractivity contribution in [1.82, 2.24) is 9.78 Å². The van der Waals surface area contributed by atoms with Crippen molar-refractivity contribution >= 4 is 0 Å². The van der Waals surface area contributed by atoms with Crippen LogP contribution in [0.5, 0.6) is 0 Å². The third-order valence-corrected chi connectivity index (χ3v) is 3.09. The highest BCUT2D eigenvalue weighted by atomic mass is 15.3. The van der Waals surface area contributed by atoms with E-state index in [-0.39, 0.29) is 0 Å². The fourth-order valence-corrected chi connectivity index (χ4v) is 2.00. The number of hydrogen-bond donors (Lipinski definition) is 0. The standard InChI is InChI=1S/C11H15N2/c1-8-6-12-13(7-9-2-3-9)11(8)10-4-5-10/h9-10H,2-5,7H2,1H3. The van der Waals surface area contributed by atoms with Gasteiger partial charge in [-0.3, -0.25) is 4.68 Å². The average molecular weight is 175 g/mol. The van der Waals surface area contributed by atoms with Crippen LogP contribution in [0.15, 0.2) is 0 Å². The van der Waals surface area contributed by atoms with Crippen LogP contribution in [0.1, 0.15) is 42.9 Å². The van der Waals surface area contributed by atoms with Gasteiger partial charge in [-0.25, -0.2) is 0 Å². The van der Waals surface area contributed by atoms with E-state index in [0.29, 0.717) is 0 Å². The molecule has 0 atom stereocenters. The lowest BCUT2D eigenvalue weighted by atomic mass is 10.2. The highest BCUT2D eigenvalue weighted by Crippen LogP contribution is 2.42. The topological polar surface area (TPSA) is 17.8 Å². The van der Waals surface area contributed by atoms with Gasteiger partial charge in [-0.1, -0.05) is 0 Å². The molecule has 1 aromatic heterocycles. The van der Waals surface area contributed by atoms with Crippen molar-refractivity contribution in [3.05, 3.63) is 17.5 Å². The predicted molar refractivity (Wildman–Crippen MR) is 50.5 cm³/mol. The van der Waals surface area contributed by atoms with Gasteiger partial charge < -0.3 is 0 Å². The molecule has 2 aliphatic rings. The second-order valence-corrected chi connectivity index (χ2v) is 4.52. The maximum absolute atomic E-state index is 4.35. The van der Waals surface area contributed by atoms with Gasteiger partial charge in [0.2, 0.25) is 0 Å². The van der Waals surface area contributed by atoms with E-state index >= 15 is 0 Å². The van der Waals surface area contributed by atoms with Crippen LogP contribution in [0.4, 0.5) is 0 Å². The van der Waals surface area contributed by atoms with E-state index in [0.717, 1.165) is 18.4 Å². The van der Waals surface area contributed by atoms with E-state index in [9.17, 15) is 0 Å². The second-order valence-electron chi connectivity index (χ2n) is 4.52. The van der Waals surface area contributed by atoms with Crippen LogP contribution in [0.25, 0.3) is 0 Å². The molecule has 0 unspecified atom stereocenters. The smallest absolute Gasteiger partial charge is 0.116 e. The summed E-state index contributed by atoms with van der Waals surface area (Å²) in [5.74, 6) is 1.74. The summed E-state index contributed by atoms with van der Waals surface area (Å²) in [4.78, 5) is 0. The molecule has 1 heterocycles. The summed E-state index contributed by atoms with van der Waals surface area (Å²) in [5, 5.41) is 4.35. The van der Waals surface area contributed by atoms with Gasteiger partial charge in [0.05, 0.1) is 0 Å². The van der Waals surface area contributed by atoms with Gasteiger partial charge in [-0.2, -0.15) is 5.10 Å². The van der Waals surface area contributed by atoms with Gasteiger partial charge >= 0.3 is 0 Å². The van der Waals surface area contributed by atoms with Crippen LogP contribution in [-0.4, -0.2) is 9.78 Å². The van der Waals surface area contributed by atoms with Crippen LogP contribution >= 0.6 is 0 Å². The second kappa shape index (κ2) is 2.60. The largest absolute Gasteiger partial charge is 0.268 e. The molecule has 2 fully saturated rings. The molecule has 0 saturated heterocycles. The zero-order valence-electron chi connectivity index (χ0n) is 8.08. The van der Waals surface area contributed by atoms with Crippen molar-refractivity contribution in [2.24, 2.45) is 5.92 Å². The monoisotopic (exact) mass is 175 g/mol. The molecule has 0 aromatic carbocycles. The van der Waals surface area contributed by atoms with E-state index in [1.807, 2.05) is 0 Å². The van der Waals surface area contributed by atoms with Crippen LogP contribution < -0.4 is 0 Å². The Morgan fingerprint density at radius 3 is 2.77 bits per heavy atom. The highest BCUT2D eigenvalue weighted by molar-refractivity contribution is 5.23. The quantitative estimate of drug-likeness (QED) is 0.689. The molecule has 0 spiro atoms. The Hall–Kier alpha value is -0.790. The zero-order valence-corrected chi connectivity index (χ0v) is 8.08. The molecule has 0 bridgehead atoms. The van der Waals surface area contributed by atoms with E-state index in [2.05, 4.69) is 22.9 Å². The van der Waals surface area contributed by atoms with E-state index in [1.54, 1.807) is 0 Å². The van der Waals surface area contributed by atoms with E-state index in [1.165, 1.54) is 36.9 Å². The third-order valence-electron chi connectivity index (χ3n) is 3.09. The molecule has 1 radical (unpaired) electrons.